The number of ether oxygens (including phenoxy) is 1. The lowest BCUT2D eigenvalue weighted by Crippen LogP contribution is -2.22. The summed E-state index contributed by atoms with van der Waals surface area (Å²) in [5, 5.41) is 0. The van der Waals surface area contributed by atoms with Crippen LogP contribution in [0.25, 0.3) is 0 Å². The van der Waals surface area contributed by atoms with E-state index in [9.17, 15) is 0 Å². The second kappa shape index (κ2) is 3.64. The molecule has 2 heteroatoms. The van der Waals surface area contributed by atoms with Crippen LogP contribution in [0.15, 0.2) is 24.3 Å². The van der Waals surface area contributed by atoms with Gasteiger partial charge in [-0.2, -0.15) is 0 Å². The zero-order valence-corrected chi connectivity index (χ0v) is 9.75. The molecule has 0 atom stereocenters. The van der Waals surface area contributed by atoms with Crippen molar-refractivity contribution in [2.24, 2.45) is 0 Å². The van der Waals surface area contributed by atoms with Gasteiger partial charge in [0.1, 0.15) is 11.4 Å². The lowest BCUT2D eigenvalue weighted by molar-refractivity contribution is 0.131. The molecule has 1 aromatic carbocycles. The molecule has 66 valence electrons. The second-order valence-corrected chi connectivity index (χ2v) is 4.91. The highest BCUT2D eigenvalue weighted by atomic mass is 127. The maximum absolute atomic E-state index is 5.65. The van der Waals surface area contributed by atoms with Crippen molar-refractivity contribution in [1.82, 2.24) is 0 Å². The number of benzene rings is 1. The summed E-state index contributed by atoms with van der Waals surface area (Å²) in [7, 11) is 0. The number of hydrogen-bond donors (Lipinski definition) is 0. The molecule has 0 aliphatic carbocycles. The fourth-order valence-electron chi connectivity index (χ4n) is 0.856. The Kier molecular flexibility index (Phi) is 2.99. The summed E-state index contributed by atoms with van der Waals surface area (Å²) in [5.41, 5.74) is -0.104. The van der Waals surface area contributed by atoms with E-state index in [2.05, 4.69) is 22.6 Å². The van der Waals surface area contributed by atoms with Crippen molar-refractivity contribution < 1.29 is 4.74 Å². The van der Waals surface area contributed by atoms with E-state index in [4.69, 9.17) is 4.74 Å². The van der Waals surface area contributed by atoms with Crippen LogP contribution < -0.4 is 4.74 Å². The first kappa shape index (κ1) is 9.84. The van der Waals surface area contributed by atoms with Crippen molar-refractivity contribution in [1.29, 1.82) is 0 Å². The summed E-state index contributed by atoms with van der Waals surface area (Å²) in [6.07, 6.45) is 0. The molecule has 0 unspecified atom stereocenters. The van der Waals surface area contributed by atoms with Gasteiger partial charge in [0.2, 0.25) is 0 Å². The number of hydrogen-bond acceptors (Lipinski definition) is 1. The standard InChI is InChI=1S/C10H13IO/c1-10(2,3)12-9-6-4-8(11)5-7-9/h4-7H,1-3H3. The fraction of sp³-hybridized carbons (Fsp3) is 0.400. The van der Waals surface area contributed by atoms with Gasteiger partial charge in [0, 0.05) is 3.57 Å². The van der Waals surface area contributed by atoms with Crippen LogP contribution in [0.3, 0.4) is 0 Å². The Balaban J connectivity index is 2.71. The molecule has 0 heterocycles. The Hall–Kier alpha value is -0.250. The van der Waals surface area contributed by atoms with E-state index in [0.717, 1.165) is 5.75 Å². The lowest BCUT2D eigenvalue weighted by Gasteiger charge is -2.21. The van der Waals surface area contributed by atoms with Crippen LogP contribution in [0.4, 0.5) is 0 Å². The molecule has 0 aliphatic heterocycles. The Morgan fingerprint density at radius 3 is 2.00 bits per heavy atom. The normalized spacial score (nSPS) is 11.3. The summed E-state index contributed by atoms with van der Waals surface area (Å²) >= 11 is 2.28. The summed E-state index contributed by atoms with van der Waals surface area (Å²) in [4.78, 5) is 0. The van der Waals surface area contributed by atoms with Crippen molar-refractivity contribution in [3.8, 4) is 5.75 Å². The third-order valence-corrected chi connectivity index (χ3v) is 1.96. The molecule has 0 amide bonds. The average molecular weight is 276 g/mol. The number of halogens is 1. The van der Waals surface area contributed by atoms with Gasteiger partial charge >= 0.3 is 0 Å². The van der Waals surface area contributed by atoms with Crippen molar-refractivity contribution in [2.45, 2.75) is 26.4 Å². The molecule has 0 N–H and O–H groups in total. The van der Waals surface area contributed by atoms with E-state index in [-0.39, 0.29) is 5.60 Å². The van der Waals surface area contributed by atoms with Crippen molar-refractivity contribution in [2.75, 3.05) is 0 Å². The minimum Gasteiger partial charge on any atom is -0.488 e. The Morgan fingerprint density at radius 1 is 1.08 bits per heavy atom. The van der Waals surface area contributed by atoms with Crippen LogP contribution in [0.1, 0.15) is 20.8 Å². The first-order valence-corrected chi connectivity index (χ1v) is 5.00. The second-order valence-electron chi connectivity index (χ2n) is 3.67. The van der Waals surface area contributed by atoms with E-state index < -0.39 is 0 Å². The van der Waals surface area contributed by atoms with Crippen LogP contribution in [0.2, 0.25) is 0 Å². The largest absolute Gasteiger partial charge is 0.488 e. The molecule has 0 aromatic heterocycles. The van der Waals surface area contributed by atoms with Gasteiger partial charge in [0.25, 0.3) is 0 Å². The lowest BCUT2D eigenvalue weighted by atomic mass is 10.2. The molecular weight excluding hydrogens is 263 g/mol. The molecule has 1 aromatic rings. The van der Waals surface area contributed by atoms with Gasteiger partial charge in [-0.25, -0.2) is 0 Å². The molecule has 0 radical (unpaired) electrons. The van der Waals surface area contributed by atoms with Crippen LogP contribution in [0.5, 0.6) is 5.75 Å². The molecule has 0 fully saturated rings. The highest BCUT2D eigenvalue weighted by molar-refractivity contribution is 14.1. The van der Waals surface area contributed by atoms with Crippen LogP contribution in [-0.2, 0) is 0 Å². The molecule has 0 bridgehead atoms. The average Bonchev–Trinajstić information content (AvgIpc) is 1.91. The quantitative estimate of drug-likeness (QED) is 0.714. The Labute approximate surface area is 87.3 Å². The Morgan fingerprint density at radius 2 is 1.58 bits per heavy atom. The molecule has 0 aliphatic rings. The highest BCUT2D eigenvalue weighted by Gasteiger charge is 2.10. The predicted octanol–water partition coefficient (Wildman–Crippen LogP) is 3.47. The van der Waals surface area contributed by atoms with Gasteiger partial charge in [0.05, 0.1) is 0 Å². The molecule has 0 saturated carbocycles. The van der Waals surface area contributed by atoms with E-state index in [1.165, 1.54) is 3.57 Å². The zero-order chi connectivity index (χ0) is 9.19. The molecule has 1 nitrogen and oxygen atoms in total. The Bertz CT molecular complexity index is 246. The molecule has 0 spiro atoms. The third kappa shape index (κ3) is 3.43. The van der Waals surface area contributed by atoms with Gasteiger partial charge < -0.3 is 4.74 Å². The topological polar surface area (TPSA) is 9.23 Å². The molecular formula is C10H13IO. The molecule has 1 rings (SSSR count). The van der Waals surface area contributed by atoms with E-state index in [1.807, 2.05) is 45.0 Å². The van der Waals surface area contributed by atoms with Crippen LogP contribution in [-0.4, -0.2) is 5.60 Å². The van der Waals surface area contributed by atoms with E-state index in [0.29, 0.717) is 0 Å². The zero-order valence-electron chi connectivity index (χ0n) is 7.60. The summed E-state index contributed by atoms with van der Waals surface area (Å²) in [6.45, 7) is 6.14. The van der Waals surface area contributed by atoms with Crippen molar-refractivity contribution >= 4 is 22.6 Å². The number of rotatable bonds is 1. The molecule has 12 heavy (non-hydrogen) atoms. The minimum absolute atomic E-state index is 0.104. The maximum atomic E-state index is 5.65. The molecule has 0 saturated heterocycles. The van der Waals surface area contributed by atoms with E-state index >= 15 is 0 Å². The third-order valence-electron chi connectivity index (χ3n) is 1.24. The SMILES string of the molecule is CC(C)(C)Oc1ccc(I)cc1. The summed E-state index contributed by atoms with van der Waals surface area (Å²) in [6, 6.07) is 8.07. The minimum atomic E-state index is -0.104. The van der Waals surface area contributed by atoms with Gasteiger partial charge in [-0.1, -0.05) is 0 Å². The van der Waals surface area contributed by atoms with E-state index in [1.54, 1.807) is 0 Å². The monoisotopic (exact) mass is 276 g/mol. The van der Waals surface area contributed by atoms with Crippen molar-refractivity contribution in [3.63, 3.8) is 0 Å². The smallest absolute Gasteiger partial charge is 0.120 e. The van der Waals surface area contributed by atoms with Crippen LogP contribution in [0, 0.1) is 3.57 Å². The first-order valence-electron chi connectivity index (χ1n) is 3.92. The highest BCUT2D eigenvalue weighted by Crippen LogP contribution is 2.18. The van der Waals surface area contributed by atoms with Gasteiger partial charge in [-0.15, -0.1) is 0 Å². The van der Waals surface area contributed by atoms with Gasteiger partial charge in [-0.05, 0) is 67.6 Å². The summed E-state index contributed by atoms with van der Waals surface area (Å²) in [5.74, 6) is 0.933. The fourth-order valence-corrected chi connectivity index (χ4v) is 1.22. The van der Waals surface area contributed by atoms with Crippen molar-refractivity contribution in [3.05, 3.63) is 27.8 Å². The van der Waals surface area contributed by atoms with Gasteiger partial charge in [0.15, 0.2) is 0 Å². The maximum Gasteiger partial charge on any atom is 0.120 e. The first-order chi connectivity index (χ1) is 5.47. The summed E-state index contributed by atoms with van der Waals surface area (Å²) < 4.78 is 6.88. The predicted molar refractivity (Wildman–Crippen MR) is 59.5 cm³/mol. The van der Waals surface area contributed by atoms with Crippen LogP contribution >= 0.6 is 22.6 Å². The van der Waals surface area contributed by atoms with Gasteiger partial charge in [-0.3, -0.25) is 0 Å².